The van der Waals surface area contributed by atoms with E-state index in [9.17, 15) is 4.79 Å². The molecular weight excluding hydrogens is 176 g/mol. The number of nitrogens with zero attached hydrogens (tertiary/aromatic N) is 2. The standard InChI is InChI=1S/C11H19N2O/c1-3-4-5-6-7-11(14)13-9-8-12(2)10-13/h8-10H,3-7H2,1-2H3. The van der Waals surface area contributed by atoms with Crippen LogP contribution in [0.5, 0.6) is 0 Å². The molecule has 14 heavy (non-hydrogen) atoms. The van der Waals surface area contributed by atoms with Crippen LogP contribution in [0.4, 0.5) is 0 Å². The van der Waals surface area contributed by atoms with Crippen LogP contribution in [0.2, 0.25) is 0 Å². The maximum Gasteiger partial charge on any atom is 0.228 e. The lowest BCUT2D eigenvalue weighted by atomic mass is 10.1. The highest BCUT2D eigenvalue weighted by atomic mass is 16.2. The number of amides is 1. The van der Waals surface area contributed by atoms with E-state index in [2.05, 4.69) is 6.92 Å². The summed E-state index contributed by atoms with van der Waals surface area (Å²) in [5, 5.41) is 0. The van der Waals surface area contributed by atoms with Gasteiger partial charge in [0.15, 0.2) is 0 Å². The highest BCUT2D eigenvalue weighted by Gasteiger charge is 2.16. The number of carbonyl (C=O) groups excluding carboxylic acids is 1. The van der Waals surface area contributed by atoms with Crippen molar-refractivity contribution in [3.63, 3.8) is 0 Å². The van der Waals surface area contributed by atoms with Gasteiger partial charge in [-0.3, -0.25) is 9.69 Å². The summed E-state index contributed by atoms with van der Waals surface area (Å²) >= 11 is 0. The highest BCUT2D eigenvalue weighted by Crippen LogP contribution is 2.12. The molecule has 0 spiro atoms. The van der Waals surface area contributed by atoms with E-state index < -0.39 is 0 Å². The molecule has 0 aromatic carbocycles. The van der Waals surface area contributed by atoms with E-state index in [1.165, 1.54) is 12.8 Å². The van der Waals surface area contributed by atoms with Gasteiger partial charge >= 0.3 is 0 Å². The third-order valence-corrected chi connectivity index (χ3v) is 2.30. The number of unbranched alkanes of at least 4 members (excludes halogenated alkanes) is 3. The summed E-state index contributed by atoms with van der Waals surface area (Å²) in [5.41, 5.74) is 0. The van der Waals surface area contributed by atoms with Crippen molar-refractivity contribution in [3.8, 4) is 0 Å². The van der Waals surface area contributed by atoms with Crippen LogP contribution >= 0.6 is 0 Å². The molecule has 0 saturated heterocycles. The van der Waals surface area contributed by atoms with Crippen molar-refractivity contribution in [1.82, 2.24) is 9.80 Å². The Morgan fingerprint density at radius 2 is 2.00 bits per heavy atom. The first-order valence-electron chi connectivity index (χ1n) is 5.30. The Morgan fingerprint density at radius 1 is 1.21 bits per heavy atom. The van der Waals surface area contributed by atoms with Gasteiger partial charge in [0.05, 0.1) is 0 Å². The van der Waals surface area contributed by atoms with Crippen molar-refractivity contribution in [1.29, 1.82) is 0 Å². The van der Waals surface area contributed by atoms with Crippen molar-refractivity contribution in [2.75, 3.05) is 7.05 Å². The molecule has 0 N–H and O–H groups in total. The lowest BCUT2D eigenvalue weighted by molar-refractivity contribution is -0.127. The molecule has 3 heteroatoms. The summed E-state index contributed by atoms with van der Waals surface area (Å²) in [7, 11) is 1.92. The Hall–Kier alpha value is -0.990. The zero-order valence-corrected chi connectivity index (χ0v) is 9.07. The molecule has 1 amide bonds. The Labute approximate surface area is 86.4 Å². The average molecular weight is 195 g/mol. The quantitative estimate of drug-likeness (QED) is 0.628. The van der Waals surface area contributed by atoms with Gasteiger partial charge in [0.25, 0.3) is 0 Å². The fraction of sp³-hybridized carbons (Fsp3) is 0.636. The molecule has 3 nitrogen and oxygen atoms in total. The van der Waals surface area contributed by atoms with E-state index >= 15 is 0 Å². The Kier molecular flexibility index (Phi) is 4.50. The zero-order valence-electron chi connectivity index (χ0n) is 9.07. The molecule has 0 aromatic rings. The lowest BCUT2D eigenvalue weighted by Gasteiger charge is -2.14. The van der Waals surface area contributed by atoms with Crippen LogP contribution in [0.25, 0.3) is 0 Å². The molecule has 0 atom stereocenters. The molecule has 0 saturated carbocycles. The van der Waals surface area contributed by atoms with Crippen LogP contribution in [0.15, 0.2) is 12.4 Å². The molecule has 0 bridgehead atoms. The molecule has 0 unspecified atom stereocenters. The summed E-state index contributed by atoms with van der Waals surface area (Å²) in [6, 6.07) is 0. The minimum atomic E-state index is 0.196. The molecule has 79 valence electrons. The van der Waals surface area contributed by atoms with Gasteiger partial charge < -0.3 is 4.90 Å². The van der Waals surface area contributed by atoms with Gasteiger partial charge in [-0.1, -0.05) is 26.2 Å². The number of hydrogen-bond donors (Lipinski definition) is 0. The van der Waals surface area contributed by atoms with Crippen molar-refractivity contribution in [3.05, 3.63) is 19.1 Å². The summed E-state index contributed by atoms with van der Waals surface area (Å²) in [6.45, 7) is 3.98. The van der Waals surface area contributed by atoms with Gasteiger partial charge in [-0.15, -0.1) is 0 Å². The van der Waals surface area contributed by atoms with E-state index in [1.807, 2.05) is 31.0 Å². The van der Waals surface area contributed by atoms with E-state index in [1.54, 1.807) is 4.90 Å². The van der Waals surface area contributed by atoms with Gasteiger partial charge in [0.2, 0.25) is 5.91 Å². The smallest absolute Gasteiger partial charge is 0.228 e. The maximum absolute atomic E-state index is 11.6. The Balaban J connectivity index is 2.13. The van der Waals surface area contributed by atoms with Gasteiger partial charge in [-0.25, -0.2) is 0 Å². The lowest BCUT2D eigenvalue weighted by Crippen LogP contribution is -2.23. The van der Waals surface area contributed by atoms with Crippen molar-refractivity contribution in [2.24, 2.45) is 0 Å². The predicted octanol–water partition coefficient (Wildman–Crippen LogP) is 2.32. The zero-order chi connectivity index (χ0) is 10.4. The molecule has 0 aliphatic carbocycles. The number of rotatable bonds is 5. The fourth-order valence-electron chi connectivity index (χ4n) is 1.43. The van der Waals surface area contributed by atoms with E-state index in [0.29, 0.717) is 6.42 Å². The summed E-state index contributed by atoms with van der Waals surface area (Å²) in [6.07, 6.45) is 8.96. The molecule has 0 aromatic heterocycles. The molecule has 1 aliphatic rings. The van der Waals surface area contributed by atoms with Gasteiger partial charge in [0.1, 0.15) is 6.67 Å². The van der Waals surface area contributed by atoms with Crippen molar-refractivity contribution in [2.45, 2.75) is 39.0 Å². The van der Waals surface area contributed by atoms with Gasteiger partial charge in [0, 0.05) is 25.9 Å². The molecular formula is C11H19N2O. The van der Waals surface area contributed by atoms with E-state index in [-0.39, 0.29) is 5.91 Å². The van der Waals surface area contributed by atoms with Crippen LogP contribution in [-0.2, 0) is 4.79 Å². The number of hydrogen-bond acceptors (Lipinski definition) is 2. The minimum Gasteiger partial charge on any atom is -0.355 e. The first kappa shape index (κ1) is 11.1. The average Bonchev–Trinajstić information content (AvgIpc) is 2.59. The molecule has 1 radical (unpaired) electrons. The van der Waals surface area contributed by atoms with Gasteiger partial charge in [-0.2, -0.15) is 0 Å². The minimum absolute atomic E-state index is 0.196. The maximum atomic E-state index is 11.6. The Morgan fingerprint density at radius 3 is 2.57 bits per heavy atom. The molecule has 1 rings (SSSR count). The monoisotopic (exact) mass is 195 g/mol. The molecule has 1 heterocycles. The summed E-state index contributed by atoms with van der Waals surface area (Å²) < 4.78 is 0. The molecule has 0 fully saturated rings. The second-order valence-electron chi connectivity index (χ2n) is 3.69. The first-order chi connectivity index (χ1) is 6.74. The Bertz CT molecular complexity index is 213. The second-order valence-corrected chi connectivity index (χ2v) is 3.69. The van der Waals surface area contributed by atoms with Crippen molar-refractivity contribution < 1.29 is 4.79 Å². The van der Waals surface area contributed by atoms with Crippen LogP contribution < -0.4 is 0 Å². The number of carbonyl (C=O) groups is 1. The third kappa shape index (κ3) is 3.40. The van der Waals surface area contributed by atoms with Crippen LogP contribution in [0.1, 0.15) is 39.0 Å². The van der Waals surface area contributed by atoms with Crippen LogP contribution in [0, 0.1) is 6.67 Å². The van der Waals surface area contributed by atoms with E-state index in [0.717, 1.165) is 12.8 Å². The third-order valence-electron chi connectivity index (χ3n) is 2.30. The SMILES string of the molecule is CCCCCCC(=O)N1[CH]N(C)C=C1. The normalized spacial score (nSPS) is 15.3. The topological polar surface area (TPSA) is 23.6 Å². The van der Waals surface area contributed by atoms with E-state index in [4.69, 9.17) is 0 Å². The molecule has 1 aliphatic heterocycles. The van der Waals surface area contributed by atoms with Crippen LogP contribution in [0.3, 0.4) is 0 Å². The predicted molar refractivity (Wildman–Crippen MR) is 56.8 cm³/mol. The first-order valence-corrected chi connectivity index (χ1v) is 5.30. The highest BCUT2D eigenvalue weighted by molar-refractivity contribution is 5.78. The largest absolute Gasteiger partial charge is 0.355 e. The summed E-state index contributed by atoms with van der Waals surface area (Å²) in [5.74, 6) is 0.196. The fourth-order valence-corrected chi connectivity index (χ4v) is 1.43. The second kappa shape index (κ2) is 5.68. The van der Waals surface area contributed by atoms with Gasteiger partial charge in [-0.05, 0) is 6.42 Å². The van der Waals surface area contributed by atoms with Crippen LogP contribution in [-0.4, -0.2) is 22.8 Å². The van der Waals surface area contributed by atoms with Crippen molar-refractivity contribution >= 4 is 5.91 Å². The summed E-state index contributed by atoms with van der Waals surface area (Å²) in [4.78, 5) is 15.1.